The van der Waals surface area contributed by atoms with Gasteiger partial charge >= 0.3 is 0 Å². The normalized spacial score (nSPS) is 9.85. The lowest BCUT2D eigenvalue weighted by Crippen LogP contribution is -2.11. The predicted octanol–water partition coefficient (Wildman–Crippen LogP) is 3.94. The molecule has 2 aromatic carbocycles. The van der Waals surface area contributed by atoms with Crippen LogP contribution in [0.15, 0.2) is 59.5 Å². The average Bonchev–Trinajstić information content (AvgIpc) is 2.52. The van der Waals surface area contributed by atoms with Crippen LogP contribution < -0.4 is 5.32 Å². The highest BCUT2D eigenvalue weighted by Gasteiger charge is 1.94. The zero-order valence-corrected chi connectivity index (χ0v) is 12.5. The second-order valence-electron chi connectivity index (χ2n) is 4.38. The molecule has 0 unspecified atom stereocenters. The third kappa shape index (κ3) is 5.13. The number of hydrogen-bond donors (Lipinski definition) is 1. The van der Waals surface area contributed by atoms with Crippen LogP contribution in [0, 0.1) is 11.8 Å². The van der Waals surface area contributed by atoms with Crippen LogP contribution in [0.2, 0.25) is 0 Å². The molecule has 2 rings (SSSR count). The molecule has 0 spiro atoms. The number of rotatable bonds is 5. The third-order valence-corrected chi connectivity index (χ3v) is 3.71. The van der Waals surface area contributed by atoms with Gasteiger partial charge in [0.15, 0.2) is 0 Å². The summed E-state index contributed by atoms with van der Waals surface area (Å²) in [6, 6.07) is 18.8. The number of nitrogens with one attached hydrogen (secondary N) is 1. The Labute approximate surface area is 125 Å². The van der Waals surface area contributed by atoms with Gasteiger partial charge < -0.3 is 5.32 Å². The fraction of sp³-hybridized carbons (Fsp3) is 0.222. The Kier molecular flexibility index (Phi) is 6.23. The fourth-order valence-corrected chi connectivity index (χ4v) is 2.39. The Morgan fingerprint density at radius 1 is 1.00 bits per heavy atom. The molecular weight excluding hydrogens is 262 g/mol. The summed E-state index contributed by atoms with van der Waals surface area (Å²) in [5.74, 6) is 7.19. The van der Waals surface area contributed by atoms with Crippen molar-refractivity contribution in [3.63, 3.8) is 0 Å². The van der Waals surface area contributed by atoms with Gasteiger partial charge in [-0.05, 0) is 36.4 Å². The SMILES string of the molecule is CCNCc1ccc(SCC#Cc2ccccc2)cc1. The maximum absolute atomic E-state index is 3.33. The van der Waals surface area contributed by atoms with Crippen molar-refractivity contribution >= 4 is 11.8 Å². The number of thioether (sulfide) groups is 1. The second-order valence-corrected chi connectivity index (χ2v) is 5.43. The topological polar surface area (TPSA) is 12.0 Å². The highest BCUT2D eigenvalue weighted by molar-refractivity contribution is 7.99. The van der Waals surface area contributed by atoms with E-state index in [9.17, 15) is 0 Å². The largest absolute Gasteiger partial charge is 0.313 e. The highest BCUT2D eigenvalue weighted by atomic mass is 32.2. The van der Waals surface area contributed by atoms with Crippen LogP contribution in [0.5, 0.6) is 0 Å². The monoisotopic (exact) mass is 281 g/mol. The highest BCUT2D eigenvalue weighted by Crippen LogP contribution is 2.17. The van der Waals surface area contributed by atoms with Gasteiger partial charge in [-0.1, -0.05) is 49.1 Å². The van der Waals surface area contributed by atoms with E-state index in [1.54, 1.807) is 11.8 Å². The summed E-state index contributed by atoms with van der Waals surface area (Å²) in [5, 5.41) is 3.33. The van der Waals surface area contributed by atoms with E-state index in [1.807, 2.05) is 30.3 Å². The Bertz CT molecular complexity index is 564. The van der Waals surface area contributed by atoms with Gasteiger partial charge in [-0.25, -0.2) is 0 Å². The minimum atomic E-state index is 0.821. The van der Waals surface area contributed by atoms with E-state index in [-0.39, 0.29) is 0 Å². The summed E-state index contributed by atoms with van der Waals surface area (Å²) in [6.07, 6.45) is 0. The summed E-state index contributed by atoms with van der Waals surface area (Å²) in [5.41, 5.74) is 2.40. The van der Waals surface area contributed by atoms with E-state index in [2.05, 4.69) is 48.3 Å². The summed E-state index contributed by atoms with van der Waals surface area (Å²) < 4.78 is 0. The molecule has 0 radical (unpaired) electrons. The van der Waals surface area contributed by atoms with Crippen LogP contribution in [0.1, 0.15) is 18.1 Å². The Hall–Kier alpha value is -1.69. The molecule has 0 aromatic heterocycles. The first-order valence-corrected chi connectivity index (χ1v) is 7.83. The molecule has 0 atom stereocenters. The zero-order valence-electron chi connectivity index (χ0n) is 11.7. The van der Waals surface area contributed by atoms with Crippen molar-refractivity contribution < 1.29 is 0 Å². The molecule has 1 nitrogen and oxygen atoms in total. The molecule has 0 heterocycles. The van der Waals surface area contributed by atoms with Crippen LogP contribution in [0.4, 0.5) is 0 Å². The van der Waals surface area contributed by atoms with E-state index < -0.39 is 0 Å². The Morgan fingerprint density at radius 2 is 1.75 bits per heavy atom. The molecule has 102 valence electrons. The molecule has 20 heavy (non-hydrogen) atoms. The zero-order chi connectivity index (χ0) is 14.0. The third-order valence-electron chi connectivity index (χ3n) is 2.82. The van der Waals surface area contributed by atoms with Gasteiger partial charge in [0.2, 0.25) is 0 Å². The minimum absolute atomic E-state index is 0.821. The first-order valence-electron chi connectivity index (χ1n) is 6.85. The quantitative estimate of drug-likeness (QED) is 0.658. The molecule has 2 aromatic rings. The van der Waals surface area contributed by atoms with E-state index >= 15 is 0 Å². The number of benzene rings is 2. The lowest BCUT2D eigenvalue weighted by atomic mass is 10.2. The summed E-state index contributed by atoms with van der Waals surface area (Å²) in [6.45, 7) is 4.07. The van der Waals surface area contributed by atoms with Crippen molar-refractivity contribution in [1.29, 1.82) is 0 Å². The summed E-state index contributed by atoms with van der Waals surface area (Å²) >= 11 is 1.78. The second kappa shape index (κ2) is 8.47. The Morgan fingerprint density at radius 3 is 2.45 bits per heavy atom. The molecule has 0 saturated heterocycles. The lowest BCUT2D eigenvalue weighted by Gasteiger charge is -2.03. The van der Waals surface area contributed by atoms with Crippen LogP contribution in [0.3, 0.4) is 0 Å². The van der Waals surface area contributed by atoms with Crippen LogP contribution >= 0.6 is 11.8 Å². The predicted molar refractivity (Wildman–Crippen MR) is 87.9 cm³/mol. The molecule has 0 aliphatic rings. The van der Waals surface area contributed by atoms with Crippen molar-refractivity contribution in [2.24, 2.45) is 0 Å². The standard InChI is InChI=1S/C18H19NS/c1-2-19-15-17-10-12-18(13-11-17)20-14-6-9-16-7-4-3-5-8-16/h3-5,7-8,10-13,19H,2,14-15H2,1H3. The average molecular weight is 281 g/mol. The van der Waals surface area contributed by atoms with Crippen molar-refractivity contribution in [3.8, 4) is 11.8 Å². The maximum atomic E-state index is 3.33. The van der Waals surface area contributed by atoms with E-state index in [0.29, 0.717) is 0 Å². The van der Waals surface area contributed by atoms with Crippen molar-refractivity contribution in [2.45, 2.75) is 18.4 Å². The van der Waals surface area contributed by atoms with E-state index in [1.165, 1.54) is 10.5 Å². The molecule has 2 heteroatoms. The van der Waals surface area contributed by atoms with Crippen LogP contribution in [0.25, 0.3) is 0 Å². The minimum Gasteiger partial charge on any atom is -0.313 e. The maximum Gasteiger partial charge on any atom is 0.0598 e. The van der Waals surface area contributed by atoms with Gasteiger partial charge in [0.25, 0.3) is 0 Å². The van der Waals surface area contributed by atoms with Crippen LogP contribution in [-0.4, -0.2) is 12.3 Å². The Balaban J connectivity index is 1.81. The molecule has 0 fully saturated rings. The van der Waals surface area contributed by atoms with Gasteiger partial charge in [0, 0.05) is 17.0 Å². The fourth-order valence-electron chi connectivity index (χ4n) is 1.75. The van der Waals surface area contributed by atoms with Gasteiger partial charge in [0.05, 0.1) is 5.75 Å². The lowest BCUT2D eigenvalue weighted by molar-refractivity contribution is 0.726. The van der Waals surface area contributed by atoms with Gasteiger partial charge in [-0.3, -0.25) is 0 Å². The van der Waals surface area contributed by atoms with Crippen LogP contribution in [-0.2, 0) is 6.54 Å². The van der Waals surface area contributed by atoms with E-state index in [0.717, 1.165) is 24.4 Å². The van der Waals surface area contributed by atoms with Gasteiger partial charge in [-0.15, -0.1) is 11.8 Å². The molecule has 0 saturated carbocycles. The van der Waals surface area contributed by atoms with Gasteiger partial charge in [0.1, 0.15) is 0 Å². The first-order chi connectivity index (χ1) is 9.88. The molecule has 1 N–H and O–H groups in total. The molecule has 0 amide bonds. The van der Waals surface area contributed by atoms with E-state index in [4.69, 9.17) is 0 Å². The molecular formula is C18H19NS. The summed E-state index contributed by atoms with van der Waals surface area (Å²) in [4.78, 5) is 1.27. The smallest absolute Gasteiger partial charge is 0.0598 e. The first kappa shape index (κ1) is 14.7. The van der Waals surface area contributed by atoms with Crippen molar-refractivity contribution in [1.82, 2.24) is 5.32 Å². The molecule has 0 aliphatic carbocycles. The van der Waals surface area contributed by atoms with Crippen molar-refractivity contribution in [2.75, 3.05) is 12.3 Å². The van der Waals surface area contributed by atoms with Gasteiger partial charge in [-0.2, -0.15) is 0 Å². The van der Waals surface area contributed by atoms with Crippen molar-refractivity contribution in [3.05, 3.63) is 65.7 Å². The molecule has 0 bridgehead atoms. The number of hydrogen-bond acceptors (Lipinski definition) is 2. The summed E-state index contributed by atoms with van der Waals surface area (Å²) in [7, 11) is 0. The molecule has 0 aliphatic heterocycles.